The van der Waals surface area contributed by atoms with Crippen molar-refractivity contribution in [2.75, 3.05) is 11.9 Å². The Morgan fingerprint density at radius 2 is 1.89 bits per heavy atom. The Hall–Kier alpha value is -3.46. The van der Waals surface area contributed by atoms with E-state index in [0.717, 1.165) is 4.70 Å². The number of aromatic nitrogens is 1. The Morgan fingerprint density at radius 1 is 1.19 bits per heavy atom. The van der Waals surface area contributed by atoms with Crippen LogP contribution < -0.4 is 15.8 Å². The van der Waals surface area contributed by atoms with Crippen LogP contribution in [0.15, 0.2) is 42.5 Å². The summed E-state index contributed by atoms with van der Waals surface area (Å²) in [5, 5.41) is 19.6. The minimum atomic E-state index is -0.884. The first-order chi connectivity index (χ1) is 12.9. The molecule has 0 amide bonds. The summed E-state index contributed by atoms with van der Waals surface area (Å²) in [6.45, 7) is 0.278. The van der Waals surface area contributed by atoms with E-state index in [1.807, 2.05) is 0 Å². The molecular formula is C18H16N4O4S. The maximum Gasteiger partial charge on any atom is 0.343 e. The zero-order valence-electron chi connectivity index (χ0n) is 14.1. The third-order valence-electron chi connectivity index (χ3n) is 3.62. The van der Waals surface area contributed by atoms with Crippen molar-refractivity contribution in [3.8, 4) is 5.75 Å². The fraction of sp³-hybridized carbons (Fsp3) is 0.111. The number of nitrogens with zero attached hydrogens (tertiary/aromatic N) is 1. The van der Waals surface area contributed by atoms with Crippen molar-refractivity contribution >= 4 is 44.5 Å². The van der Waals surface area contributed by atoms with Gasteiger partial charge in [0, 0.05) is 12.1 Å². The second kappa shape index (κ2) is 7.83. The molecule has 0 unspecified atom stereocenters. The molecule has 138 valence electrons. The number of esters is 1. The Labute approximate surface area is 158 Å². The number of fused-ring (bicyclic) bond motifs is 1. The minimum absolute atomic E-state index is 0.00405. The van der Waals surface area contributed by atoms with E-state index in [-0.39, 0.29) is 18.8 Å². The molecule has 3 aromatic rings. The smallest absolute Gasteiger partial charge is 0.343 e. The first-order valence-corrected chi connectivity index (χ1v) is 8.77. The van der Waals surface area contributed by atoms with E-state index < -0.39 is 11.9 Å². The molecule has 1 heterocycles. The minimum Gasteiger partial charge on any atom is -0.481 e. The lowest BCUT2D eigenvalue weighted by Gasteiger charge is -2.05. The van der Waals surface area contributed by atoms with Gasteiger partial charge in [-0.3, -0.25) is 10.2 Å². The Balaban J connectivity index is 1.70. The van der Waals surface area contributed by atoms with Crippen LogP contribution >= 0.6 is 11.3 Å². The molecule has 0 saturated carbocycles. The van der Waals surface area contributed by atoms with Gasteiger partial charge >= 0.3 is 11.9 Å². The quantitative estimate of drug-likeness (QED) is 0.213. The second-order valence-electron chi connectivity index (χ2n) is 5.60. The van der Waals surface area contributed by atoms with Crippen molar-refractivity contribution in [3.05, 3.63) is 53.6 Å². The van der Waals surface area contributed by atoms with Gasteiger partial charge in [-0.15, -0.1) is 0 Å². The van der Waals surface area contributed by atoms with Gasteiger partial charge in [-0.05, 0) is 42.5 Å². The molecule has 8 nitrogen and oxygen atoms in total. The van der Waals surface area contributed by atoms with Gasteiger partial charge in [-0.25, -0.2) is 9.78 Å². The molecule has 0 saturated heterocycles. The van der Waals surface area contributed by atoms with Gasteiger partial charge in [-0.2, -0.15) is 0 Å². The van der Waals surface area contributed by atoms with Gasteiger partial charge in [0.1, 0.15) is 11.6 Å². The zero-order valence-corrected chi connectivity index (χ0v) is 14.9. The van der Waals surface area contributed by atoms with Crippen LogP contribution in [0.5, 0.6) is 5.75 Å². The number of carboxylic acids is 1. The SMILES string of the molecule is N=C(N)c1ccc(OC(=O)c2ccc3nc(NCCC(=O)O)sc3c2)cc1. The summed E-state index contributed by atoms with van der Waals surface area (Å²) in [5.74, 6) is -1.10. The molecular weight excluding hydrogens is 368 g/mol. The normalized spacial score (nSPS) is 10.5. The highest BCUT2D eigenvalue weighted by Gasteiger charge is 2.12. The lowest BCUT2D eigenvalue weighted by molar-refractivity contribution is -0.136. The van der Waals surface area contributed by atoms with Crippen molar-refractivity contribution < 1.29 is 19.4 Å². The number of benzene rings is 2. The van der Waals surface area contributed by atoms with Crippen molar-refractivity contribution in [1.82, 2.24) is 4.98 Å². The molecule has 5 N–H and O–H groups in total. The predicted molar refractivity (Wildman–Crippen MR) is 103 cm³/mol. The first-order valence-electron chi connectivity index (χ1n) is 7.95. The summed E-state index contributed by atoms with van der Waals surface area (Å²) in [7, 11) is 0. The van der Waals surface area contributed by atoms with Gasteiger partial charge in [-0.1, -0.05) is 11.3 Å². The van der Waals surface area contributed by atoms with Crippen LogP contribution in [0.3, 0.4) is 0 Å². The molecule has 0 fully saturated rings. The monoisotopic (exact) mass is 384 g/mol. The Bertz CT molecular complexity index is 1010. The fourth-order valence-corrected chi connectivity index (χ4v) is 3.20. The molecule has 0 atom stereocenters. The zero-order chi connectivity index (χ0) is 19.4. The van der Waals surface area contributed by atoms with Crippen LogP contribution in [0.4, 0.5) is 5.13 Å². The summed E-state index contributed by atoms with van der Waals surface area (Å²) in [6, 6.07) is 11.4. The maximum absolute atomic E-state index is 12.3. The number of nitrogen functional groups attached to an aromatic ring is 1. The maximum atomic E-state index is 12.3. The van der Waals surface area contributed by atoms with Crippen molar-refractivity contribution in [1.29, 1.82) is 5.41 Å². The van der Waals surface area contributed by atoms with Crippen LogP contribution in [0.25, 0.3) is 10.2 Å². The highest BCUT2D eigenvalue weighted by Crippen LogP contribution is 2.27. The van der Waals surface area contributed by atoms with Crippen LogP contribution in [0.2, 0.25) is 0 Å². The van der Waals surface area contributed by atoms with E-state index >= 15 is 0 Å². The number of hydrogen-bond acceptors (Lipinski definition) is 7. The van der Waals surface area contributed by atoms with E-state index in [4.69, 9.17) is 21.0 Å². The van der Waals surface area contributed by atoms with Gasteiger partial charge in [0.25, 0.3) is 0 Å². The fourth-order valence-electron chi connectivity index (χ4n) is 2.27. The number of hydrogen-bond donors (Lipinski definition) is 4. The third-order valence-corrected chi connectivity index (χ3v) is 4.59. The molecule has 0 aliphatic rings. The van der Waals surface area contributed by atoms with Crippen molar-refractivity contribution in [2.45, 2.75) is 6.42 Å². The van der Waals surface area contributed by atoms with Crippen LogP contribution in [0.1, 0.15) is 22.3 Å². The average Bonchev–Trinajstić information content (AvgIpc) is 3.03. The van der Waals surface area contributed by atoms with Crippen molar-refractivity contribution in [2.24, 2.45) is 5.73 Å². The predicted octanol–water partition coefficient (Wildman–Crippen LogP) is 2.69. The van der Waals surface area contributed by atoms with E-state index in [1.165, 1.54) is 11.3 Å². The number of rotatable bonds is 7. The molecule has 2 aromatic carbocycles. The second-order valence-corrected chi connectivity index (χ2v) is 6.63. The lowest BCUT2D eigenvalue weighted by Crippen LogP contribution is -2.11. The van der Waals surface area contributed by atoms with E-state index in [0.29, 0.717) is 27.5 Å². The van der Waals surface area contributed by atoms with Crippen LogP contribution in [0, 0.1) is 5.41 Å². The van der Waals surface area contributed by atoms with Gasteiger partial charge in [0.2, 0.25) is 0 Å². The number of thiazole rings is 1. The highest BCUT2D eigenvalue weighted by molar-refractivity contribution is 7.22. The number of anilines is 1. The molecule has 27 heavy (non-hydrogen) atoms. The number of carbonyl (C=O) groups excluding carboxylic acids is 1. The van der Waals surface area contributed by atoms with Gasteiger partial charge < -0.3 is 20.9 Å². The molecule has 0 aliphatic carbocycles. The van der Waals surface area contributed by atoms with Gasteiger partial charge in [0.05, 0.1) is 22.2 Å². The number of carboxylic acid groups (broad SMARTS) is 1. The van der Waals surface area contributed by atoms with E-state index in [9.17, 15) is 9.59 Å². The molecule has 0 aliphatic heterocycles. The molecule has 0 radical (unpaired) electrons. The van der Waals surface area contributed by atoms with Crippen LogP contribution in [-0.4, -0.2) is 34.4 Å². The van der Waals surface area contributed by atoms with Gasteiger partial charge in [0.15, 0.2) is 5.13 Å². The third kappa shape index (κ3) is 4.59. The summed E-state index contributed by atoms with van der Waals surface area (Å²) in [4.78, 5) is 27.3. The summed E-state index contributed by atoms with van der Waals surface area (Å²) in [6.07, 6.45) is -0.00405. The molecule has 1 aromatic heterocycles. The molecule has 0 bridgehead atoms. The van der Waals surface area contributed by atoms with E-state index in [1.54, 1.807) is 42.5 Å². The average molecular weight is 384 g/mol. The topological polar surface area (TPSA) is 138 Å². The molecule has 3 rings (SSSR count). The standard InChI is InChI=1S/C18H16N4O4S/c19-16(20)10-1-4-12(5-2-10)26-17(25)11-3-6-13-14(9-11)27-18(22-13)21-8-7-15(23)24/h1-6,9H,7-8H2,(H3,19,20)(H,21,22)(H,23,24). The molecule has 0 spiro atoms. The Morgan fingerprint density at radius 3 is 2.56 bits per heavy atom. The lowest BCUT2D eigenvalue weighted by atomic mass is 10.2. The number of nitrogens with one attached hydrogen (secondary N) is 2. The number of ether oxygens (including phenoxy) is 1. The number of amidine groups is 1. The summed E-state index contributed by atoms with van der Waals surface area (Å²) >= 11 is 1.33. The Kier molecular flexibility index (Phi) is 5.32. The number of carbonyl (C=O) groups is 2. The van der Waals surface area contributed by atoms with E-state index in [2.05, 4.69) is 10.3 Å². The van der Waals surface area contributed by atoms with Crippen LogP contribution in [-0.2, 0) is 4.79 Å². The number of aliphatic carboxylic acids is 1. The summed E-state index contributed by atoms with van der Waals surface area (Å²) < 4.78 is 6.12. The first kappa shape index (κ1) is 18.3. The van der Waals surface area contributed by atoms with Crippen molar-refractivity contribution in [3.63, 3.8) is 0 Å². The summed E-state index contributed by atoms with van der Waals surface area (Å²) in [5.41, 5.74) is 7.02. The molecule has 9 heteroatoms. The highest BCUT2D eigenvalue weighted by atomic mass is 32.1. The largest absolute Gasteiger partial charge is 0.481 e. The number of nitrogens with two attached hydrogens (primary N) is 1.